The second-order valence-corrected chi connectivity index (χ2v) is 6.73. The van der Waals surface area contributed by atoms with Gasteiger partial charge in [-0.3, -0.25) is 4.79 Å². The number of hydrogen-bond donors (Lipinski definition) is 1. The minimum atomic E-state index is -0.713. The number of aryl methyl sites for hydroxylation is 2. The second kappa shape index (κ2) is 7.76. The van der Waals surface area contributed by atoms with Crippen LogP contribution in [0.2, 0.25) is 0 Å². The van der Waals surface area contributed by atoms with Crippen LogP contribution in [0.25, 0.3) is 17.3 Å². The van der Waals surface area contributed by atoms with E-state index >= 15 is 0 Å². The number of carbonyl (C=O) groups excluding carboxylic acids is 1. The van der Waals surface area contributed by atoms with E-state index < -0.39 is 17.5 Å². The zero-order valence-electron chi connectivity index (χ0n) is 15.2. The minimum absolute atomic E-state index is 0.241. The van der Waals surface area contributed by atoms with Crippen LogP contribution in [0.1, 0.15) is 24.2 Å². The predicted octanol–water partition coefficient (Wildman–Crippen LogP) is 4.82. The summed E-state index contributed by atoms with van der Waals surface area (Å²) in [6.07, 6.45) is 7.58. The van der Waals surface area contributed by atoms with Crippen molar-refractivity contribution in [1.82, 2.24) is 9.55 Å². The van der Waals surface area contributed by atoms with Crippen molar-refractivity contribution in [1.29, 1.82) is 0 Å². The summed E-state index contributed by atoms with van der Waals surface area (Å²) in [5, 5.41) is 2.72. The number of benzene rings is 2. The van der Waals surface area contributed by atoms with Gasteiger partial charge >= 0.3 is 0 Å². The van der Waals surface area contributed by atoms with Gasteiger partial charge in [0, 0.05) is 42.1 Å². The van der Waals surface area contributed by atoms with Crippen molar-refractivity contribution < 1.29 is 13.6 Å². The van der Waals surface area contributed by atoms with E-state index in [0.29, 0.717) is 5.69 Å². The number of carbonyl (C=O) groups is 1. The Morgan fingerprint density at radius 2 is 1.89 bits per heavy atom. The number of halogens is 2. The number of nitrogens with zero attached hydrogens (tertiary/aromatic N) is 2. The molecule has 1 aliphatic rings. The Morgan fingerprint density at radius 1 is 1.11 bits per heavy atom. The van der Waals surface area contributed by atoms with Gasteiger partial charge in [0.05, 0.1) is 5.69 Å². The van der Waals surface area contributed by atoms with Crippen LogP contribution < -0.4 is 5.32 Å². The molecule has 0 fully saturated rings. The van der Waals surface area contributed by atoms with Crippen molar-refractivity contribution in [2.75, 3.05) is 5.32 Å². The highest BCUT2D eigenvalue weighted by Crippen LogP contribution is 2.25. The molecule has 0 radical (unpaired) electrons. The van der Waals surface area contributed by atoms with E-state index in [1.807, 2.05) is 24.4 Å². The zero-order chi connectivity index (χ0) is 19.5. The molecule has 1 aromatic heterocycles. The molecule has 142 valence electrons. The van der Waals surface area contributed by atoms with E-state index in [9.17, 15) is 13.6 Å². The Balaban J connectivity index is 1.49. The van der Waals surface area contributed by atoms with Gasteiger partial charge in [-0.2, -0.15) is 0 Å². The third-order valence-corrected chi connectivity index (χ3v) is 4.74. The third kappa shape index (κ3) is 3.86. The highest BCUT2D eigenvalue weighted by Gasteiger charge is 2.13. The monoisotopic (exact) mass is 379 g/mol. The number of anilines is 1. The molecule has 0 atom stereocenters. The van der Waals surface area contributed by atoms with Gasteiger partial charge < -0.3 is 9.88 Å². The molecular weight excluding hydrogens is 360 g/mol. The van der Waals surface area contributed by atoms with E-state index in [4.69, 9.17) is 0 Å². The fourth-order valence-corrected chi connectivity index (χ4v) is 3.32. The Hall–Kier alpha value is -3.28. The summed E-state index contributed by atoms with van der Waals surface area (Å²) in [7, 11) is 0. The molecule has 0 bridgehead atoms. The van der Waals surface area contributed by atoms with Crippen LogP contribution in [0.3, 0.4) is 0 Å². The van der Waals surface area contributed by atoms with Gasteiger partial charge in [0.2, 0.25) is 5.91 Å². The lowest BCUT2D eigenvalue weighted by atomic mass is 10.1. The number of nitrogens with one attached hydrogen (secondary N) is 1. The van der Waals surface area contributed by atoms with Crippen LogP contribution in [0.4, 0.5) is 14.5 Å². The van der Waals surface area contributed by atoms with Crippen molar-refractivity contribution in [3.05, 3.63) is 77.8 Å². The van der Waals surface area contributed by atoms with E-state index in [1.54, 1.807) is 6.07 Å². The molecule has 1 N–H and O–H groups in total. The quantitative estimate of drug-likeness (QED) is 0.661. The molecule has 6 heteroatoms. The van der Waals surface area contributed by atoms with Crippen LogP contribution in [-0.2, 0) is 17.8 Å². The average Bonchev–Trinajstić information content (AvgIpc) is 3.12. The van der Waals surface area contributed by atoms with Gasteiger partial charge in [-0.15, -0.1) is 0 Å². The van der Waals surface area contributed by atoms with Crippen LogP contribution in [0.15, 0.2) is 54.7 Å². The lowest BCUT2D eigenvalue weighted by Gasteiger charge is -2.11. The highest BCUT2D eigenvalue weighted by atomic mass is 19.1. The van der Waals surface area contributed by atoms with E-state index in [1.165, 1.54) is 6.07 Å². The number of amides is 1. The molecule has 1 aliphatic heterocycles. The SMILES string of the molecule is O=C(C=Cc1c(F)cccc1F)Nc1cccc(-c2cn3c(n2)CCCC3)c1. The Morgan fingerprint density at radius 3 is 2.68 bits per heavy atom. The summed E-state index contributed by atoms with van der Waals surface area (Å²) in [4.78, 5) is 16.8. The summed E-state index contributed by atoms with van der Waals surface area (Å²) < 4.78 is 29.4. The molecule has 4 nitrogen and oxygen atoms in total. The summed E-state index contributed by atoms with van der Waals surface area (Å²) in [5.74, 6) is -0.806. The molecule has 0 aliphatic carbocycles. The summed E-state index contributed by atoms with van der Waals surface area (Å²) in [5.41, 5.74) is 2.13. The number of rotatable bonds is 4. The topological polar surface area (TPSA) is 46.9 Å². The fraction of sp³-hybridized carbons (Fsp3) is 0.182. The van der Waals surface area contributed by atoms with Crippen LogP contribution in [0.5, 0.6) is 0 Å². The van der Waals surface area contributed by atoms with Gasteiger partial charge in [0.25, 0.3) is 0 Å². The molecule has 0 saturated heterocycles. The maximum Gasteiger partial charge on any atom is 0.248 e. The molecule has 2 aromatic carbocycles. The molecule has 0 unspecified atom stereocenters. The number of fused-ring (bicyclic) bond motifs is 1. The van der Waals surface area contributed by atoms with Gasteiger partial charge in [0.15, 0.2) is 0 Å². The smallest absolute Gasteiger partial charge is 0.248 e. The molecule has 1 amide bonds. The lowest BCUT2D eigenvalue weighted by Crippen LogP contribution is -2.08. The Labute approximate surface area is 161 Å². The molecule has 2 heterocycles. The van der Waals surface area contributed by atoms with Crippen molar-refractivity contribution >= 4 is 17.7 Å². The molecule has 28 heavy (non-hydrogen) atoms. The van der Waals surface area contributed by atoms with Gasteiger partial charge in [0.1, 0.15) is 17.5 Å². The highest BCUT2D eigenvalue weighted by molar-refractivity contribution is 6.02. The van der Waals surface area contributed by atoms with E-state index in [0.717, 1.165) is 67.2 Å². The summed E-state index contributed by atoms with van der Waals surface area (Å²) >= 11 is 0. The van der Waals surface area contributed by atoms with E-state index in [-0.39, 0.29) is 5.56 Å². The fourth-order valence-electron chi connectivity index (χ4n) is 3.32. The number of hydrogen-bond acceptors (Lipinski definition) is 2. The standard InChI is InChI=1S/C22H19F2N3O/c23-18-7-4-8-19(24)17(18)10-11-22(28)25-16-6-3-5-15(13-16)20-14-27-12-2-1-9-21(27)26-20/h3-8,10-11,13-14H,1-2,9,12H2,(H,25,28). The van der Waals surface area contributed by atoms with Gasteiger partial charge in [-0.25, -0.2) is 13.8 Å². The average molecular weight is 379 g/mol. The van der Waals surface area contributed by atoms with Crippen molar-refractivity contribution in [3.63, 3.8) is 0 Å². The zero-order valence-corrected chi connectivity index (χ0v) is 15.2. The largest absolute Gasteiger partial charge is 0.334 e. The Bertz CT molecular complexity index is 1010. The summed E-state index contributed by atoms with van der Waals surface area (Å²) in [6, 6.07) is 10.9. The van der Waals surface area contributed by atoms with Crippen LogP contribution in [0, 0.1) is 11.6 Å². The number of aromatic nitrogens is 2. The van der Waals surface area contributed by atoms with Crippen molar-refractivity contribution in [3.8, 4) is 11.3 Å². The van der Waals surface area contributed by atoms with Crippen LogP contribution in [-0.4, -0.2) is 15.5 Å². The first-order chi connectivity index (χ1) is 13.6. The third-order valence-electron chi connectivity index (χ3n) is 4.74. The Kier molecular flexibility index (Phi) is 5.02. The van der Waals surface area contributed by atoms with Crippen molar-refractivity contribution in [2.45, 2.75) is 25.8 Å². The lowest BCUT2D eigenvalue weighted by molar-refractivity contribution is -0.111. The number of imidazole rings is 1. The van der Waals surface area contributed by atoms with Gasteiger partial charge in [-0.05, 0) is 43.2 Å². The first-order valence-corrected chi connectivity index (χ1v) is 9.20. The summed E-state index contributed by atoms with van der Waals surface area (Å²) in [6.45, 7) is 0.982. The normalized spacial score (nSPS) is 13.5. The second-order valence-electron chi connectivity index (χ2n) is 6.73. The van der Waals surface area contributed by atoms with Crippen molar-refractivity contribution in [2.24, 2.45) is 0 Å². The maximum absolute atomic E-state index is 13.6. The predicted molar refractivity (Wildman–Crippen MR) is 105 cm³/mol. The molecule has 0 saturated carbocycles. The van der Waals surface area contributed by atoms with Crippen LogP contribution >= 0.6 is 0 Å². The molecule has 3 aromatic rings. The molecular formula is C22H19F2N3O. The minimum Gasteiger partial charge on any atom is -0.334 e. The molecule has 0 spiro atoms. The first kappa shape index (κ1) is 18.1. The first-order valence-electron chi connectivity index (χ1n) is 9.20. The molecule has 4 rings (SSSR count). The van der Waals surface area contributed by atoms with E-state index in [2.05, 4.69) is 14.9 Å². The van der Waals surface area contributed by atoms with Gasteiger partial charge in [-0.1, -0.05) is 18.2 Å². The maximum atomic E-state index is 13.6.